The van der Waals surface area contributed by atoms with E-state index in [1.165, 1.54) is 9.80 Å². The number of fused-ring (bicyclic) bond motifs is 1. The van der Waals surface area contributed by atoms with E-state index in [1.54, 1.807) is 65.1 Å². The third kappa shape index (κ3) is 7.88. The molecule has 218 valence electrons. The molecule has 0 unspecified atom stereocenters. The molecule has 1 fully saturated rings. The summed E-state index contributed by atoms with van der Waals surface area (Å²) in [5.74, 6) is -0.395. The zero-order chi connectivity index (χ0) is 29.7. The molecule has 1 aliphatic heterocycles. The van der Waals surface area contributed by atoms with Crippen LogP contribution in [0.5, 0.6) is 0 Å². The third-order valence-corrected chi connectivity index (χ3v) is 7.72. The number of ether oxygens (including phenoxy) is 2. The summed E-state index contributed by atoms with van der Waals surface area (Å²) in [5, 5.41) is 5.02. The highest BCUT2D eigenvalue weighted by atomic mass is 35.5. The Morgan fingerprint density at radius 1 is 1.07 bits per heavy atom. The Hall–Kier alpha value is -3.31. The summed E-state index contributed by atoms with van der Waals surface area (Å²) in [6.07, 6.45) is -0.874. The Bertz CT molecular complexity index is 1400. The minimum Gasteiger partial charge on any atom is -0.450 e. The second kappa shape index (κ2) is 12.9. The Kier molecular flexibility index (Phi) is 10.1. The number of piperidine rings is 1. The highest BCUT2D eigenvalue weighted by Gasteiger charge is 2.46. The van der Waals surface area contributed by atoms with Gasteiger partial charge in [0.1, 0.15) is 11.1 Å². The summed E-state index contributed by atoms with van der Waals surface area (Å²) in [7, 11) is -0.962. The van der Waals surface area contributed by atoms with Crippen LogP contribution in [0.25, 0.3) is 10.8 Å². The van der Waals surface area contributed by atoms with E-state index in [-0.39, 0.29) is 50.4 Å². The largest absolute Gasteiger partial charge is 0.450 e. The normalized spacial score (nSPS) is 14.8. The smallest absolute Gasteiger partial charge is 0.410 e. The number of nitrogens with zero attached hydrogens (tertiary/aromatic N) is 2. The van der Waals surface area contributed by atoms with E-state index in [2.05, 4.69) is 5.32 Å². The van der Waals surface area contributed by atoms with Crippen LogP contribution in [0.3, 0.4) is 0 Å². The first-order valence-electron chi connectivity index (χ1n) is 13.1. The molecule has 2 aromatic carbocycles. The highest BCUT2D eigenvalue weighted by molar-refractivity contribution is 7.73. The number of hydrogen-bond donors (Lipinski definition) is 1. The molecule has 0 aliphatic carbocycles. The van der Waals surface area contributed by atoms with Gasteiger partial charge in [-0.15, -0.1) is 0 Å². The van der Waals surface area contributed by atoms with E-state index in [0.717, 1.165) is 10.8 Å². The minimum absolute atomic E-state index is 0.0664. The van der Waals surface area contributed by atoms with Gasteiger partial charge in [-0.2, -0.15) is 8.42 Å². The second-order valence-corrected chi connectivity index (χ2v) is 12.1. The average molecular weight is 594 g/mol. The maximum Gasteiger partial charge on any atom is 0.410 e. The van der Waals surface area contributed by atoms with Gasteiger partial charge in [-0.25, -0.2) is 9.59 Å². The first-order valence-corrected chi connectivity index (χ1v) is 14.5. The van der Waals surface area contributed by atoms with Crippen LogP contribution in [0.4, 0.5) is 9.59 Å². The van der Waals surface area contributed by atoms with Crippen molar-refractivity contribution in [3.05, 3.63) is 47.0 Å². The van der Waals surface area contributed by atoms with Gasteiger partial charge in [-0.05, 0) is 75.1 Å². The molecular weight excluding hydrogens is 558 g/mol. The molecule has 1 aliphatic rings. The molecule has 0 spiro atoms. The number of rotatable bonds is 7. The monoisotopic (exact) mass is 593 g/mol. The molecule has 2 aromatic rings. The van der Waals surface area contributed by atoms with Crippen LogP contribution < -0.4 is 5.32 Å². The van der Waals surface area contributed by atoms with Crippen molar-refractivity contribution in [1.82, 2.24) is 15.1 Å². The van der Waals surface area contributed by atoms with Crippen molar-refractivity contribution in [2.45, 2.75) is 58.1 Å². The lowest BCUT2D eigenvalue weighted by Crippen LogP contribution is -2.64. The molecule has 0 saturated carbocycles. The third-order valence-electron chi connectivity index (χ3n) is 6.64. The Balaban J connectivity index is 1.76. The topological polar surface area (TPSA) is 122 Å². The lowest BCUT2D eigenvalue weighted by Gasteiger charge is -2.42. The van der Waals surface area contributed by atoms with Gasteiger partial charge in [-0.1, -0.05) is 29.8 Å². The lowest BCUT2D eigenvalue weighted by atomic mass is 9.86. The van der Waals surface area contributed by atoms with Crippen molar-refractivity contribution < 1.29 is 32.3 Å². The fourth-order valence-corrected chi connectivity index (χ4v) is 5.36. The van der Waals surface area contributed by atoms with Gasteiger partial charge < -0.3 is 24.6 Å². The van der Waals surface area contributed by atoms with Crippen LogP contribution in [-0.2, 0) is 24.6 Å². The Labute approximate surface area is 241 Å². The fraction of sp³-hybridized carbons (Fsp3) is 0.500. The van der Waals surface area contributed by atoms with Crippen molar-refractivity contribution in [3.63, 3.8) is 0 Å². The SMILES string of the molecule is CCOC(=O)NC1(C(=O)N(C)CCC(c2ccc3cc(Cl)ccc3c2)=S(=O)=O)CCN(C(=O)OC(C)(C)C)CC1. The van der Waals surface area contributed by atoms with E-state index in [0.29, 0.717) is 10.6 Å². The number of carbonyl (C=O) groups is 3. The Morgan fingerprint density at radius 3 is 2.30 bits per heavy atom. The standard InChI is InChI=1S/C28H36ClN3O7S/c1-6-38-25(34)30-28(12-15-32(16-13-28)26(35)39-27(2,3)4)24(33)31(5)14-11-23(40(36)37)21-8-7-20-18-22(29)10-9-19(20)17-21/h7-10,17-18H,6,11-16H2,1-5H3,(H,30,34). The molecular formula is C28H36ClN3O7S. The molecule has 10 nitrogen and oxygen atoms in total. The van der Waals surface area contributed by atoms with Crippen molar-refractivity contribution >= 4 is 55.6 Å². The summed E-state index contributed by atoms with van der Waals surface area (Å²) < 4.78 is 34.8. The minimum atomic E-state index is -2.52. The maximum atomic E-state index is 13.7. The summed E-state index contributed by atoms with van der Waals surface area (Å²) in [5.41, 5.74) is -1.47. The summed E-state index contributed by atoms with van der Waals surface area (Å²) in [4.78, 5) is 41.8. The molecule has 1 saturated heterocycles. The van der Waals surface area contributed by atoms with Crippen LogP contribution in [0.2, 0.25) is 5.02 Å². The van der Waals surface area contributed by atoms with E-state index < -0.39 is 39.5 Å². The molecule has 1 heterocycles. The van der Waals surface area contributed by atoms with Gasteiger partial charge in [0.25, 0.3) is 0 Å². The molecule has 40 heavy (non-hydrogen) atoms. The number of benzene rings is 2. The van der Waals surface area contributed by atoms with Crippen LogP contribution in [0, 0.1) is 0 Å². The number of alkyl carbamates (subject to hydrolysis) is 1. The molecule has 0 radical (unpaired) electrons. The van der Waals surface area contributed by atoms with Crippen LogP contribution >= 0.6 is 11.6 Å². The number of likely N-dealkylation sites (N-methyl/N-ethyl adjacent to an activating group) is 1. The van der Waals surface area contributed by atoms with Gasteiger partial charge in [0.15, 0.2) is 0 Å². The van der Waals surface area contributed by atoms with Crippen molar-refractivity contribution in [1.29, 1.82) is 0 Å². The lowest BCUT2D eigenvalue weighted by molar-refractivity contribution is -0.139. The van der Waals surface area contributed by atoms with Crippen LogP contribution in [0.1, 0.15) is 52.5 Å². The van der Waals surface area contributed by atoms with Gasteiger partial charge in [0.2, 0.25) is 16.2 Å². The van der Waals surface area contributed by atoms with E-state index >= 15 is 0 Å². The predicted octanol–water partition coefficient (Wildman–Crippen LogP) is 4.26. The highest BCUT2D eigenvalue weighted by Crippen LogP contribution is 2.27. The molecule has 3 rings (SSSR count). The maximum absolute atomic E-state index is 13.7. The van der Waals surface area contributed by atoms with Crippen molar-refractivity contribution in [2.24, 2.45) is 0 Å². The van der Waals surface area contributed by atoms with Crippen LogP contribution in [0.15, 0.2) is 36.4 Å². The number of likely N-dealkylation sites (tertiary alicyclic amines) is 1. The van der Waals surface area contributed by atoms with E-state index in [9.17, 15) is 22.8 Å². The first-order chi connectivity index (χ1) is 18.7. The molecule has 3 amide bonds. The van der Waals surface area contributed by atoms with Gasteiger partial charge in [0, 0.05) is 38.1 Å². The molecule has 0 atom stereocenters. The first kappa shape index (κ1) is 31.2. The summed E-state index contributed by atoms with van der Waals surface area (Å²) >= 11 is 6.06. The fourth-order valence-electron chi connectivity index (χ4n) is 4.60. The zero-order valence-corrected chi connectivity index (χ0v) is 25.0. The average Bonchev–Trinajstić information content (AvgIpc) is 2.87. The number of halogens is 1. The molecule has 12 heteroatoms. The number of hydrogen-bond acceptors (Lipinski definition) is 7. The van der Waals surface area contributed by atoms with Crippen LogP contribution in [-0.4, -0.2) is 85.6 Å². The summed E-state index contributed by atoms with van der Waals surface area (Å²) in [6, 6.07) is 10.6. The number of amides is 3. The number of carbonyl (C=O) groups excluding carboxylic acids is 3. The van der Waals surface area contributed by atoms with E-state index in [4.69, 9.17) is 21.1 Å². The summed E-state index contributed by atoms with van der Waals surface area (Å²) in [6.45, 7) is 7.56. The molecule has 0 bridgehead atoms. The van der Waals surface area contributed by atoms with Crippen molar-refractivity contribution in [2.75, 3.05) is 33.3 Å². The number of nitrogens with one attached hydrogen (secondary N) is 1. The second-order valence-electron chi connectivity index (χ2n) is 10.7. The van der Waals surface area contributed by atoms with Gasteiger partial charge in [0.05, 0.1) is 11.5 Å². The molecule has 1 N–H and O–H groups in total. The zero-order valence-electron chi connectivity index (χ0n) is 23.5. The van der Waals surface area contributed by atoms with Gasteiger partial charge in [-0.3, -0.25) is 4.79 Å². The van der Waals surface area contributed by atoms with Crippen molar-refractivity contribution in [3.8, 4) is 0 Å². The quantitative estimate of drug-likeness (QED) is 0.376. The molecule has 0 aromatic heterocycles. The predicted molar refractivity (Wildman–Crippen MR) is 154 cm³/mol. The van der Waals surface area contributed by atoms with Gasteiger partial charge >= 0.3 is 12.2 Å². The van der Waals surface area contributed by atoms with E-state index in [1.807, 2.05) is 6.07 Å². The Morgan fingerprint density at radius 2 is 1.70 bits per heavy atom.